The lowest BCUT2D eigenvalue weighted by atomic mass is 9.73. The smallest absolute Gasteiger partial charge is 0.156 e. The fourth-order valence-corrected chi connectivity index (χ4v) is 1.73. The van der Waals surface area contributed by atoms with Crippen LogP contribution < -0.4 is 0 Å². The zero-order valence-corrected chi connectivity index (χ0v) is 10.8. The molecule has 0 saturated heterocycles. The number of benzene rings is 1. The van der Waals surface area contributed by atoms with Gasteiger partial charge in [0.1, 0.15) is 0 Å². The van der Waals surface area contributed by atoms with E-state index in [1.54, 1.807) is 0 Å². The van der Waals surface area contributed by atoms with Gasteiger partial charge in [-0.05, 0) is 10.4 Å². The van der Waals surface area contributed by atoms with E-state index < -0.39 is 5.60 Å². The first-order valence-corrected chi connectivity index (χ1v) is 5.62. The van der Waals surface area contributed by atoms with E-state index in [0.29, 0.717) is 0 Å². The normalized spacial score (nSPS) is 15.0. The van der Waals surface area contributed by atoms with E-state index in [9.17, 15) is 5.11 Å². The first-order valence-electron chi connectivity index (χ1n) is 4.82. The van der Waals surface area contributed by atoms with Crippen molar-refractivity contribution in [3.8, 4) is 10.8 Å². The Bertz CT molecular complexity index is 380. The van der Waals surface area contributed by atoms with Crippen molar-refractivity contribution in [1.29, 1.82) is 0 Å². The van der Waals surface area contributed by atoms with Crippen molar-refractivity contribution in [2.45, 2.75) is 26.4 Å². The van der Waals surface area contributed by atoms with Crippen molar-refractivity contribution >= 4 is 15.9 Å². The second-order valence-corrected chi connectivity index (χ2v) is 4.94. The van der Waals surface area contributed by atoms with Crippen molar-refractivity contribution in [3.05, 3.63) is 35.9 Å². The van der Waals surface area contributed by atoms with E-state index in [1.165, 1.54) is 0 Å². The summed E-state index contributed by atoms with van der Waals surface area (Å²) in [6.45, 7) is 5.91. The summed E-state index contributed by atoms with van der Waals surface area (Å²) in [4.78, 5) is 2.63. The van der Waals surface area contributed by atoms with Crippen LogP contribution in [0.1, 0.15) is 26.3 Å². The molecule has 1 nitrogen and oxygen atoms in total. The number of hydrogen-bond acceptors (Lipinski definition) is 1. The van der Waals surface area contributed by atoms with Crippen LogP contribution in [0.15, 0.2) is 30.3 Å². The number of aliphatic hydroxyl groups is 1. The van der Waals surface area contributed by atoms with Gasteiger partial charge in [0.15, 0.2) is 5.60 Å². The Hall–Kier alpha value is -0.780. The highest BCUT2D eigenvalue weighted by Crippen LogP contribution is 2.38. The average molecular weight is 267 g/mol. The van der Waals surface area contributed by atoms with E-state index >= 15 is 0 Å². The summed E-state index contributed by atoms with van der Waals surface area (Å²) in [5, 5.41) is 10.6. The van der Waals surface area contributed by atoms with Gasteiger partial charge in [-0.15, -0.1) is 0 Å². The minimum atomic E-state index is -1.13. The molecule has 0 bridgehead atoms. The molecule has 80 valence electrons. The topological polar surface area (TPSA) is 20.2 Å². The van der Waals surface area contributed by atoms with Crippen LogP contribution in [0.5, 0.6) is 0 Å². The van der Waals surface area contributed by atoms with Gasteiger partial charge in [-0.3, -0.25) is 0 Å². The second-order valence-electron chi connectivity index (χ2n) is 4.55. The number of halogens is 1. The van der Waals surface area contributed by atoms with Crippen LogP contribution in [0.2, 0.25) is 0 Å². The highest BCUT2D eigenvalue weighted by molar-refractivity contribution is 9.12. The highest BCUT2D eigenvalue weighted by Gasteiger charge is 2.40. The Morgan fingerprint density at radius 3 is 2.07 bits per heavy atom. The standard InChI is InChI=1S/C13H15BrO/c1-12(2,3)13(15,9-10-14)11-7-5-4-6-8-11/h4-8,15H,1-3H3. The molecule has 1 aromatic rings. The Morgan fingerprint density at radius 1 is 1.13 bits per heavy atom. The Labute approximate surface area is 99.6 Å². The molecule has 2 heteroatoms. The molecule has 0 aliphatic rings. The molecule has 0 spiro atoms. The Balaban J connectivity index is 3.30. The van der Waals surface area contributed by atoms with Crippen LogP contribution in [0.3, 0.4) is 0 Å². The van der Waals surface area contributed by atoms with Gasteiger partial charge in [0.25, 0.3) is 0 Å². The Morgan fingerprint density at radius 2 is 1.67 bits per heavy atom. The third-order valence-corrected chi connectivity index (χ3v) is 2.70. The summed E-state index contributed by atoms with van der Waals surface area (Å²) in [5.41, 5.74) is -0.642. The molecule has 1 N–H and O–H groups in total. The summed E-state index contributed by atoms with van der Waals surface area (Å²) in [5.74, 6) is 2.84. The monoisotopic (exact) mass is 266 g/mol. The SMILES string of the molecule is CC(C)(C)C(O)(C#CBr)c1ccccc1. The third-order valence-electron chi connectivity index (χ3n) is 2.51. The molecule has 15 heavy (non-hydrogen) atoms. The van der Waals surface area contributed by atoms with E-state index in [4.69, 9.17) is 0 Å². The van der Waals surface area contributed by atoms with E-state index in [0.717, 1.165) is 5.56 Å². The summed E-state index contributed by atoms with van der Waals surface area (Å²) in [7, 11) is 0. The van der Waals surface area contributed by atoms with Crippen molar-refractivity contribution in [2.24, 2.45) is 5.41 Å². The molecule has 1 rings (SSSR count). The van der Waals surface area contributed by atoms with Crippen LogP contribution >= 0.6 is 15.9 Å². The summed E-state index contributed by atoms with van der Waals surface area (Å²) in [6, 6.07) is 9.52. The quantitative estimate of drug-likeness (QED) is 0.774. The van der Waals surface area contributed by atoms with Crippen LogP contribution in [0.25, 0.3) is 0 Å². The zero-order chi connectivity index (χ0) is 11.5. The van der Waals surface area contributed by atoms with E-state index in [-0.39, 0.29) is 5.41 Å². The van der Waals surface area contributed by atoms with Crippen molar-refractivity contribution in [3.63, 3.8) is 0 Å². The van der Waals surface area contributed by atoms with Crippen molar-refractivity contribution in [2.75, 3.05) is 0 Å². The summed E-state index contributed by atoms with van der Waals surface area (Å²) < 4.78 is 0. The van der Waals surface area contributed by atoms with Gasteiger partial charge in [-0.2, -0.15) is 0 Å². The molecule has 0 heterocycles. The molecule has 0 saturated carbocycles. The van der Waals surface area contributed by atoms with Crippen molar-refractivity contribution < 1.29 is 5.11 Å². The predicted molar refractivity (Wildman–Crippen MR) is 66.5 cm³/mol. The van der Waals surface area contributed by atoms with Gasteiger partial charge < -0.3 is 5.11 Å². The molecule has 0 fully saturated rings. The van der Waals surface area contributed by atoms with Crippen LogP contribution in [0.4, 0.5) is 0 Å². The van der Waals surface area contributed by atoms with Gasteiger partial charge in [-0.1, -0.05) is 57.0 Å². The lowest BCUT2D eigenvalue weighted by Gasteiger charge is -2.36. The molecule has 1 unspecified atom stereocenters. The fraction of sp³-hybridized carbons (Fsp3) is 0.385. The predicted octanol–water partition coefficient (Wildman–Crippen LogP) is 3.28. The second kappa shape index (κ2) is 4.38. The number of hydrogen-bond donors (Lipinski definition) is 1. The van der Waals surface area contributed by atoms with Gasteiger partial charge in [-0.25, -0.2) is 0 Å². The molecule has 1 atom stereocenters. The van der Waals surface area contributed by atoms with E-state index in [1.807, 2.05) is 51.1 Å². The van der Waals surface area contributed by atoms with Crippen LogP contribution in [-0.4, -0.2) is 5.11 Å². The maximum atomic E-state index is 10.6. The molecular formula is C13H15BrO. The van der Waals surface area contributed by atoms with E-state index in [2.05, 4.69) is 26.7 Å². The lowest BCUT2D eigenvalue weighted by molar-refractivity contribution is -0.00890. The van der Waals surface area contributed by atoms with Crippen LogP contribution in [0, 0.1) is 16.2 Å². The average Bonchev–Trinajstić information content (AvgIpc) is 2.18. The molecular weight excluding hydrogens is 252 g/mol. The minimum Gasteiger partial charge on any atom is -0.373 e. The fourth-order valence-electron chi connectivity index (χ4n) is 1.44. The minimum absolute atomic E-state index is 0.338. The van der Waals surface area contributed by atoms with Gasteiger partial charge >= 0.3 is 0 Å². The first-order chi connectivity index (χ1) is 6.92. The van der Waals surface area contributed by atoms with Crippen LogP contribution in [-0.2, 0) is 5.60 Å². The maximum Gasteiger partial charge on any atom is 0.156 e. The molecule has 1 aromatic carbocycles. The zero-order valence-electron chi connectivity index (χ0n) is 9.21. The largest absolute Gasteiger partial charge is 0.373 e. The lowest BCUT2D eigenvalue weighted by Crippen LogP contribution is -2.38. The molecule has 0 amide bonds. The number of rotatable bonds is 1. The molecule has 0 aliphatic carbocycles. The molecule has 0 radical (unpaired) electrons. The van der Waals surface area contributed by atoms with Gasteiger partial charge in [0.05, 0.1) is 0 Å². The maximum absolute atomic E-state index is 10.6. The third kappa shape index (κ3) is 2.42. The highest BCUT2D eigenvalue weighted by atomic mass is 79.9. The summed E-state index contributed by atoms with van der Waals surface area (Å²) >= 11 is 3.05. The van der Waals surface area contributed by atoms with Gasteiger partial charge in [0, 0.05) is 21.3 Å². The van der Waals surface area contributed by atoms with Crippen molar-refractivity contribution in [1.82, 2.24) is 0 Å². The van der Waals surface area contributed by atoms with Gasteiger partial charge in [0.2, 0.25) is 0 Å². The summed E-state index contributed by atoms with van der Waals surface area (Å²) in [6.07, 6.45) is 0. The molecule has 0 aliphatic heterocycles. The Kier molecular flexibility index (Phi) is 3.59. The first kappa shape index (κ1) is 12.3. The molecule has 0 aromatic heterocycles.